The number of terminal acetylenes is 1. The van der Waals surface area contributed by atoms with Gasteiger partial charge >= 0.3 is 0 Å². The van der Waals surface area contributed by atoms with Crippen LogP contribution in [0.1, 0.15) is 11.3 Å². The van der Waals surface area contributed by atoms with Crippen LogP contribution in [0, 0.1) is 12.3 Å². The molecule has 0 aliphatic heterocycles. The third-order valence-electron chi connectivity index (χ3n) is 2.57. The Hall–Kier alpha value is -2.12. The van der Waals surface area contributed by atoms with Gasteiger partial charge in [0.15, 0.2) is 0 Å². The summed E-state index contributed by atoms with van der Waals surface area (Å²) in [5.41, 5.74) is 2.15. The third-order valence-corrected chi connectivity index (χ3v) is 2.57. The molecule has 4 heteroatoms. The van der Waals surface area contributed by atoms with Gasteiger partial charge < -0.3 is 0 Å². The van der Waals surface area contributed by atoms with Crippen molar-refractivity contribution in [1.82, 2.24) is 19.9 Å². The van der Waals surface area contributed by atoms with Crippen LogP contribution in [0.2, 0.25) is 0 Å². The van der Waals surface area contributed by atoms with Crippen LogP contribution >= 0.6 is 0 Å². The lowest BCUT2D eigenvalue weighted by Gasteiger charge is -2.09. The minimum atomic E-state index is 0.617. The lowest BCUT2D eigenvalue weighted by atomic mass is 10.2. The van der Waals surface area contributed by atoms with E-state index in [2.05, 4.69) is 28.4 Å². The molecule has 0 aliphatic rings. The summed E-state index contributed by atoms with van der Waals surface area (Å²) in [7, 11) is 1.97. The summed E-state index contributed by atoms with van der Waals surface area (Å²) in [4.78, 5) is 2.02. The lowest BCUT2D eigenvalue weighted by molar-refractivity contribution is 0.364. The monoisotopic (exact) mass is 240 g/mol. The average Bonchev–Trinajstić information content (AvgIpc) is 2.78. The van der Waals surface area contributed by atoms with Crippen LogP contribution in [0.3, 0.4) is 0 Å². The van der Waals surface area contributed by atoms with E-state index in [-0.39, 0.29) is 0 Å². The van der Waals surface area contributed by atoms with Crippen LogP contribution in [0.4, 0.5) is 0 Å². The zero-order chi connectivity index (χ0) is 12.8. The summed E-state index contributed by atoms with van der Waals surface area (Å²) in [5.74, 6) is 2.61. The number of hydrogen-bond acceptors (Lipinski definition) is 3. The second kappa shape index (κ2) is 5.99. The van der Waals surface area contributed by atoms with Crippen LogP contribution in [0.25, 0.3) is 0 Å². The van der Waals surface area contributed by atoms with Gasteiger partial charge in [-0.05, 0) is 12.6 Å². The Bertz CT molecular complexity index is 524. The van der Waals surface area contributed by atoms with Gasteiger partial charge in [-0.3, -0.25) is 4.90 Å². The van der Waals surface area contributed by atoms with Gasteiger partial charge in [0.2, 0.25) is 0 Å². The summed E-state index contributed by atoms with van der Waals surface area (Å²) >= 11 is 0. The largest absolute Gasteiger partial charge is 0.289 e. The van der Waals surface area contributed by atoms with Gasteiger partial charge in [-0.25, -0.2) is 4.68 Å². The first kappa shape index (κ1) is 12.3. The number of hydrogen-bond donors (Lipinski definition) is 0. The van der Waals surface area contributed by atoms with Crippen molar-refractivity contribution in [1.29, 1.82) is 0 Å². The van der Waals surface area contributed by atoms with E-state index in [0.717, 1.165) is 18.8 Å². The molecular formula is C14H16N4. The molecule has 2 aromatic rings. The Morgan fingerprint density at radius 2 is 2.11 bits per heavy atom. The Morgan fingerprint density at radius 3 is 2.83 bits per heavy atom. The van der Waals surface area contributed by atoms with Gasteiger partial charge in [-0.1, -0.05) is 41.5 Å². The molecule has 0 aliphatic carbocycles. The van der Waals surface area contributed by atoms with Crippen molar-refractivity contribution in [3.8, 4) is 12.3 Å². The van der Waals surface area contributed by atoms with Gasteiger partial charge in [0.25, 0.3) is 0 Å². The molecule has 0 unspecified atom stereocenters. The zero-order valence-electron chi connectivity index (χ0n) is 10.5. The fourth-order valence-corrected chi connectivity index (χ4v) is 1.75. The van der Waals surface area contributed by atoms with Crippen molar-refractivity contribution in [3.05, 3.63) is 47.8 Å². The first-order valence-electron chi connectivity index (χ1n) is 5.83. The van der Waals surface area contributed by atoms with E-state index in [4.69, 9.17) is 6.42 Å². The Morgan fingerprint density at radius 1 is 1.33 bits per heavy atom. The van der Waals surface area contributed by atoms with Crippen LogP contribution in [0.5, 0.6) is 0 Å². The van der Waals surface area contributed by atoms with Crippen molar-refractivity contribution in [2.24, 2.45) is 0 Å². The van der Waals surface area contributed by atoms with Crippen molar-refractivity contribution >= 4 is 0 Å². The molecule has 0 bridgehead atoms. The summed E-state index contributed by atoms with van der Waals surface area (Å²) < 4.78 is 1.84. The molecule has 1 aromatic carbocycles. The molecule has 2 rings (SSSR count). The number of aromatic nitrogens is 3. The van der Waals surface area contributed by atoms with Crippen molar-refractivity contribution in [3.63, 3.8) is 0 Å². The van der Waals surface area contributed by atoms with E-state index in [1.54, 1.807) is 0 Å². The predicted octanol–water partition coefficient (Wildman–Crippen LogP) is 1.39. The highest BCUT2D eigenvalue weighted by molar-refractivity contribution is 5.14. The SMILES string of the molecule is C#CCN(C)Cc1cn(Cc2ccccc2)nn1. The topological polar surface area (TPSA) is 34.0 Å². The summed E-state index contributed by atoms with van der Waals surface area (Å²) in [6, 6.07) is 10.2. The molecule has 0 fully saturated rings. The highest BCUT2D eigenvalue weighted by atomic mass is 15.4. The normalized spacial score (nSPS) is 10.5. The summed E-state index contributed by atoms with van der Waals surface area (Å²) in [6.45, 7) is 2.08. The molecule has 92 valence electrons. The lowest BCUT2D eigenvalue weighted by Crippen LogP contribution is -2.17. The first-order valence-corrected chi connectivity index (χ1v) is 5.83. The highest BCUT2D eigenvalue weighted by Crippen LogP contribution is 2.03. The molecule has 1 aromatic heterocycles. The molecule has 0 saturated heterocycles. The summed E-state index contributed by atoms with van der Waals surface area (Å²) in [5, 5.41) is 8.25. The van der Waals surface area contributed by atoms with Crippen LogP contribution in [-0.2, 0) is 13.1 Å². The molecule has 0 radical (unpaired) electrons. The number of benzene rings is 1. The van der Waals surface area contributed by atoms with E-state index in [1.807, 2.05) is 41.0 Å². The highest BCUT2D eigenvalue weighted by Gasteiger charge is 2.04. The van der Waals surface area contributed by atoms with Crippen molar-refractivity contribution < 1.29 is 0 Å². The van der Waals surface area contributed by atoms with Gasteiger partial charge in [-0.15, -0.1) is 11.5 Å². The van der Waals surface area contributed by atoms with Crippen molar-refractivity contribution in [2.45, 2.75) is 13.1 Å². The standard InChI is InChI=1S/C14H16N4/c1-3-9-17(2)11-14-12-18(16-15-14)10-13-7-5-4-6-8-13/h1,4-8,12H,9-11H2,2H3. The fraction of sp³-hybridized carbons (Fsp3) is 0.286. The molecule has 4 nitrogen and oxygen atoms in total. The van der Waals surface area contributed by atoms with Gasteiger partial charge in [-0.2, -0.15) is 0 Å². The summed E-state index contributed by atoms with van der Waals surface area (Å²) in [6.07, 6.45) is 7.22. The Kier molecular flexibility index (Phi) is 4.11. The van der Waals surface area contributed by atoms with Crippen LogP contribution in [0.15, 0.2) is 36.5 Å². The maximum atomic E-state index is 5.26. The molecular weight excluding hydrogens is 224 g/mol. The average molecular weight is 240 g/mol. The maximum Gasteiger partial charge on any atom is 0.0967 e. The van der Waals surface area contributed by atoms with E-state index in [1.165, 1.54) is 5.56 Å². The van der Waals surface area contributed by atoms with E-state index in [0.29, 0.717) is 6.54 Å². The predicted molar refractivity (Wildman–Crippen MR) is 70.7 cm³/mol. The first-order chi connectivity index (χ1) is 8.78. The number of rotatable bonds is 5. The molecule has 1 heterocycles. The quantitative estimate of drug-likeness (QED) is 0.741. The molecule has 0 atom stereocenters. The minimum Gasteiger partial charge on any atom is -0.289 e. The third kappa shape index (κ3) is 3.44. The Labute approximate surface area is 107 Å². The van der Waals surface area contributed by atoms with Gasteiger partial charge in [0.05, 0.1) is 25.0 Å². The molecule has 0 N–H and O–H groups in total. The molecule has 0 amide bonds. The number of nitrogens with zero attached hydrogens (tertiary/aromatic N) is 4. The maximum absolute atomic E-state index is 5.26. The zero-order valence-corrected chi connectivity index (χ0v) is 10.5. The molecule has 0 spiro atoms. The Balaban J connectivity index is 1.96. The van der Waals surface area contributed by atoms with Gasteiger partial charge in [0.1, 0.15) is 0 Å². The molecule has 18 heavy (non-hydrogen) atoms. The minimum absolute atomic E-state index is 0.617. The second-order valence-electron chi connectivity index (χ2n) is 4.27. The smallest absolute Gasteiger partial charge is 0.0967 e. The van der Waals surface area contributed by atoms with E-state index < -0.39 is 0 Å². The second-order valence-corrected chi connectivity index (χ2v) is 4.27. The van der Waals surface area contributed by atoms with Crippen LogP contribution < -0.4 is 0 Å². The van der Waals surface area contributed by atoms with Crippen molar-refractivity contribution in [2.75, 3.05) is 13.6 Å². The van der Waals surface area contributed by atoms with Gasteiger partial charge in [0, 0.05) is 6.54 Å². The fourth-order valence-electron chi connectivity index (χ4n) is 1.75. The van der Waals surface area contributed by atoms with E-state index in [9.17, 15) is 0 Å². The molecule has 0 saturated carbocycles. The van der Waals surface area contributed by atoms with Crippen LogP contribution in [-0.4, -0.2) is 33.5 Å². The van der Waals surface area contributed by atoms with E-state index >= 15 is 0 Å².